The van der Waals surface area contributed by atoms with E-state index >= 15 is 0 Å². The summed E-state index contributed by atoms with van der Waals surface area (Å²) in [5.41, 5.74) is 1.28. The van der Waals surface area contributed by atoms with Crippen LogP contribution in [0.4, 0.5) is 0 Å². The summed E-state index contributed by atoms with van der Waals surface area (Å²) in [7, 11) is -1.82. The minimum atomic E-state index is -1.82. The number of hydrogen-bond acceptors (Lipinski definition) is 1. The van der Waals surface area contributed by atoms with Gasteiger partial charge in [-0.05, 0) is 42.5 Å². The van der Waals surface area contributed by atoms with Gasteiger partial charge in [0.15, 0.2) is 0 Å². The second kappa shape index (κ2) is 8.95. The molecule has 0 radical (unpaired) electrons. The molecule has 0 aliphatic carbocycles. The molecule has 0 unspecified atom stereocenters. The van der Waals surface area contributed by atoms with E-state index in [1.54, 1.807) is 0 Å². The molecule has 0 aliphatic rings. The Hall–Kier alpha value is -2.47. The van der Waals surface area contributed by atoms with E-state index in [1.807, 2.05) is 18.5 Å². The molecule has 0 saturated heterocycles. The van der Waals surface area contributed by atoms with Crippen LogP contribution in [0.15, 0.2) is 116 Å². The zero-order valence-electron chi connectivity index (χ0n) is 14.9. The number of hydrogen-bond donors (Lipinski definition) is 0. The molecule has 134 valence electrons. The largest absolute Gasteiger partial charge is 1.00 e. The lowest BCUT2D eigenvalue weighted by Crippen LogP contribution is -3.00. The molecule has 4 aromatic rings. The molecule has 4 rings (SSSR count). The molecule has 0 bridgehead atoms. The van der Waals surface area contributed by atoms with Crippen LogP contribution in [0.5, 0.6) is 0 Å². The molecule has 3 aromatic carbocycles. The van der Waals surface area contributed by atoms with Crippen molar-refractivity contribution in [3.63, 3.8) is 0 Å². The van der Waals surface area contributed by atoms with Crippen molar-refractivity contribution in [1.82, 2.24) is 4.98 Å². The molecule has 1 nitrogen and oxygen atoms in total. The first-order valence-corrected chi connectivity index (χ1v) is 10.8. The van der Waals surface area contributed by atoms with Crippen molar-refractivity contribution < 1.29 is 12.4 Å². The van der Waals surface area contributed by atoms with Crippen LogP contribution in [0.3, 0.4) is 0 Å². The first-order valence-electron chi connectivity index (χ1n) is 8.83. The predicted molar refractivity (Wildman–Crippen MR) is 113 cm³/mol. The Labute approximate surface area is 167 Å². The number of halogens is 1. The number of pyridine rings is 1. The van der Waals surface area contributed by atoms with Crippen molar-refractivity contribution in [3.05, 3.63) is 121 Å². The van der Waals surface area contributed by atoms with E-state index in [0.29, 0.717) is 0 Å². The first-order chi connectivity index (χ1) is 12.9. The summed E-state index contributed by atoms with van der Waals surface area (Å²) in [5.74, 6) is 0. The molecular weight excluding hydrogens is 369 g/mol. The fourth-order valence-electron chi connectivity index (χ4n) is 3.53. The highest BCUT2D eigenvalue weighted by molar-refractivity contribution is 7.95. The Kier molecular flexibility index (Phi) is 6.40. The summed E-state index contributed by atoms with van der Waals surface area (Å²) in [6, 6.07) is 37.1. The van der Waals surface area contributed by atoms with Crippen LogP contribution in [-0.2, 0) is 6.16 Å². The number of nitrogens with zero attached hydrogens (tertiary/aromatic N) is 1. The summed E-state index contributed by atoms with van der Waals surface area (Å²) >= 11 is 0. The summed E-state index contributed by atoms with van der Waals surface area (Å²) in [4.78, 5) is 4.37. The fraction of sp³-hybridized carbons (Fsp3) is 0.0417. The quantitative estimate of drug-likeness (QED) is 0.472. The summed E-state index contributed by atoms with van der Waals surface area (Å²) < 4.78 is 0. The Morgan fingerprint density at radius 2 is 1.00 bits per heavy atom. The van der Waals surface area contributed by atoms with Crippen LogP contribution in [0, 0.1) is 0 Å². The number of rotatable bonds is 5. The van der Waals surface area contributed by atoms with Crippen molar-refractivity contribution in [3.8, 4) is 0 Å². The van der Waals surface area contributed by atoms with Gasteiger partial charge in [0.05, 0.1) is 6.16 Å². The van der Waals surface area contributed by atoms with Gasteiger partial charge in [0, 0.05) is 18.0 Å². The minimum absolute atomic E-state index is 0. The first kappa shape index (κ1) is 19.3. The van der Waals surface area contributed by atoms with Crippen LogP contribution >= 0.6 is 7.26 Å². The maximum absolute atomic E-state index is 4.37. The second-order valence-corrected chi connectivity index (χ2v) is 9.82. The number of benzene rings is 3. The van der Waals surface area contributed by atoms with E-state index in [1.165, 1.54) is 21.5 Å². The minimum Gasteiger partial charge on any atom is -1.00 e. The third-order valence-corrected chi connectivity index (χ3v) is 9.11. The van der Waals surface area contributed by atoms with E-state index in [4.69, 9.17) is 0 Å². The third kappa shape index (κ3) is 3.95. The summed E-state index contributed by atoms with van der Waals surface area (Å²) in [5, 5.41) is 4.21. The van der Waals surface area contributed by atoms with Crippen LogP contribution in [0.25, 0.3) is 0 Å². The van der Waals surface area contributed by atoms with Gasteiger partial charge < -0.3 is 12.4 Å². The second-order valence-electron chi connectivity index (χ2n) is 6.34. The predicted octanol–water partition coefficient (Wildman–Crippen LogP) is 1.58. The van der Waals surface area contributed by atoms with Gasteiger partial charge in [-0.3, -0.25) is 4.98 Å². The lowest BCUT2D eigenvalue weighted by molar-refractivity contribution is -0.00000510. The molecule has 0 saturated carbocycles. The zero-order valence-corrected chi connectivity index (χ0v) is 16.6. The van der Waals surface area contributed by atoms with E-state index in [2.05, 4.69) is 102 Å². The topological polar surface area (TPSA) is 12.9 Å². The van der Waals surface area contributed by atoms with Gasteiger partial charge in [0.2, 0.25) is 0 Å². The lowest BCUT2D eigenvalue weighted by atomic mass is 10.3. The van der Waals surface area contributed by atoms with Gasteiger partial charge in [-0.2, -0.15) is 0 Å². The highest BCUT2D eigenvalue weighted by Crippen LogP contribution is 2.57. The Bertz CT molecular complexity index is 848. The highest BCUT2D eigenvalue weighted by atomic mass is 35.5. The molecule has 1 heterocycles. The molecule has 1 aromatic heterocycles. The van der Waals surface area contributed by atoms with E-state index in [9.17, 15) is 0 Å². The van der Waals surface area contributed by atoms with Crippen molar-refractivity contribution in [2.45, 2.75) is 6.16 Å². The smallest absolute Gasteiger partial charge is 0.116 e. The van der Waals surface area contributed by atoms with Crippen molar-refractivity contribution in [1.29, 1.82) is 0 Å². The SMILES string of the molecule is [Cl-].c1ccc([P+](Cc2cccnc2)(c2ccccc2)c2ccccc2)cc1. The summed E-state index contributed by atoms with van der Waals surface area (Å²) in [6.45, 7) is 0. The average Bonchev–Trinajstić information content (AvgIpc) is 2.75. The van der Waals surface area contributed by atoms with Crippen LogP contribution in [0.2, 0.25) is 0 Å². The maximum atomic E-state index is 4.37. The third-order valence-electron chi connectivity index (χ3n) is 4.73. The van der Waals surface area contributed by atoms with E-state index < -0.39 is 7.26 Å². The van der Waals surface area contributed by atoms with Gasteiger partial charge in [0.1, 0.15) is 23.2 Å². The van der Waals surface area contributed by atoms with Crippen LogP contribution < -0.4 is 28.3 Å². The van der Waals surface area contributed by atoms with Crippen molar-refractivity contribution in [2.75, 3.05) is 0 Å². The molecule has 0 aliphatic heterocycles. The van der Waals surface area contributed by atoms with Crippen LogP contribution in [-0.4, -0.2) is 4.98 Å². The molecule has 0 atom stereocenters. The molecule has 0 fully saturated rings. The molecule has 3 heteroatoms. The monoisotopic (exact) mass is 389 g/mol. The van der Waals surface area contributed by atoms with Gasteiger partial charge in [-0.15, -0.1) is 0 Å². The molecule has 0 N–H and O–H groups in total. The standard InChI is InChI=1S/C24H21NP.ClH/c1-4-12-22(13-5-1)26(23-14-6-2-7-15-23,24-16-8-3-9-17-24)20-21-11-10-18-25-19-21;/h1-19H,20H2;1H/q+1;/p-1. The van der Waals surface area contributed by atoms with Gasteiger partial charge in [0.25, 0.3) is 0 Å². The van der Waals surface area contributed by atoms with Crippen molar-refractivity contribution >= 4 is 23.2 Å². The maximum Gasteiger partial charge on any atom is 0.116 e. The average molecular weight is 390 g/mol. The Balaban J connectivity index is 0.00000210. The summed E-state index contributed by atoms with van der Waals surface area (Å²) in [6.07, 6.45) is 4.82. The van der Waals surface area contributed by atoms with Gasteiger partial charge >= 0.3 is 0 Å². The fourth-order valence-corrected chi connectivity index (χ4v) is 7.75. The highest BCUT2D eigenvalue weighted by Gasteiger charge is 2.45. The zero-order chi connectivity index (χ0) is 17.7. The normalized spacial score (nSPS) is 10.8. The van der Waals surface area contributed by atoms with Crippen molar-refractivity contribution in [2.24, 2.45) is 0 Å². The van der Waals surface area contributed by atoms with E-state index in [-0.39, 0.29) is 12.4 Å². The lowest BCUT2D eigenvalue weighted by Gasteiger charge is -2.27. The van der Waals surface area contributed by atoms with Gasteiger partial charge in [-0.25, -0.2) is 0 Å². The molecule has 27 heavy (non-hydrogen) atoms. The Morgan fingerprint density at radius 3 is 1.37 bits per heavy atom. The van der Waals surface area contributed by atoms with Crippen LogP contribution in [0.1, 0.15) is 5.56 Å². The molecule has 0 spiro atoms. The van der Waals surface area contributed by atoms with Gasteiger partial charge in [-0.1, -0.05) is 60.7 Å². The molecule has 0 amide bonds. The Morgan fingerprint density at radius 1 is 0.556 bits per heavy atom. The van der Waals surface area contributed by atoms with E-state index in [0.717, 1.165) is 6.16 Å². The number of aromatic nitrogens is 1. The molecular formula is C24H21ClNP.